The Morgan fingerprint density at radius 2 is 1.82 bits per heavy atom. The van der Waals surface area contributed by atoms with Gasteiger partial charge in [-0.2, -0.15) is 13.2 Å². The molecular formula is C11H19F3O3. The summed E-state index contributed by atoms with van der Waals surface area (Å²) in [6.45, 7) is 1.45. The van der Waals surface area contributed by atoms with Crippen LogP contribution in [0.25, 0.3) is 0 Å². The molecule has 102 valence electrons. The third-order valence-electron chi connectivity index (χ3n) is 2.37. The number of rotatable bonds is 9. The van der Waals surface area contributed by atoms with Gasteiger partial charge in [0.15, 0.2) is 5.92 Å². The number of ether oxygens (including phenoxy) is 1. The van der Waals surface area contributed by atoms with Crippen LogP contribution < -0.4 is 0 Å². The van der Waals surface area contributed by atoms with E-state index < -0.39 is 24.7 Å². The quantitative estimate of drug-likeness (QED) is 0.644. The first-order chi connectivity index (χ1) is 7.89. The summed E-state index contributed by atoms with van der Waals surface area (Å²) in [5.74, 6) is -4.30. The van der Waals surface area contributed by atoms with Gasteiger partial charge in [-0.3, -0.25) is 4.79 Å². The number of carbonyl (C=O) groups is 1. The van der Waals surface area contributed by atoms with Crippen LogP contribution in [0, 0.1) is 5.92 Å². The Morgan fingerprint density at radius 3 is 2.29 bits per heavy atom. The lowest BCUT2D eigenvalue weighted by Gasteiger charge is -2.15. The molecule has 0 saturated heterocycles. The van der Waals surface area contributed by atoms with Crippen molar-refractivity contribution in [3.8, 4) is 0 Å². The van der Waals surface area contributed by atoms with Crippen LogP contribution in [0.3, 0.4) is 0 Å². The molecular weight excluding hydrogens is 237 g/mol. The highest BCUT2D eigenvalue weighted by Crippen LogP contribution is 2.26. The van der Waals surface area contributed by atoms with E-state index in [0.717, 1.165) is 25.7 Å². The lowest BCUT2D eigenvalue weighted by molar-refractivity contribution is -0.202. The molecule has 0 spiro atoms. The van der Waals surface area contributed by atoms with E-state index in [0.29, 0.717) is 6.42 Å². The first-order valence-electron chi connectivity index (χ1n) is 5.76. The smallest absolute Gasteiger partial charge is 0.404 e. The van der Waals surface area contributed by atoms with E-state index >= 15 is 0 Å². The highest BCUT2D eigenvalue weighted by molar-refractivity contribution is 5.71. The summed E-state index contributed by atoms with van der Waals surface area (Å²) in [4.78, 5) is 10.4. The Balaban J connectivity index is 3.67. The molecule has 0 rings (SSSR count). The molecule has 0 heterocycles. The number of carboxylic acids is 1. The number of hydrogen-bond donors (Lipinski definition) is 1. The second kappa shape index (κ2) is 8.33. The molecule has 0 aliphatic rings. The van der Waals surface area contributed by atoms with E-state index in [1.54, 1.807) is 0 Å². The fourth-order valence-electron chi connectivity index (χ4n) is 1.31. The zero-order chi connectivity index (χ0) is 13.3. The Kier molecular flexibility index (Phi) is 7.95. The monoisotopic (exact) mass is 256 g/mol. The van der Waals surface area contributed by atoms with Crippen molar-refractivity contribution >= 4 is 5.97 Å². The van der Waals surface area contributed by atoms with E-state index in [2.05, 4.69) is 6.92 Å². The summed E-state index contributed by atoms with van der Waals surface area (Å²) in [5.41, 5.74) is 0. The van der Waals surface area contributed by atoms with E-state index in [4.69, 9.17) is 9.84 Å². The second-order valence-electron chi connectivity index (χ2n) is 3.92. The van der Waals surface area contributed by atoms with Crippen LogP contribution >= 0.6 is 0 Å². The number of unbranched alkanes of at least 4 members (excludes halogenated alkanes) is 4. The molecule has 6 heteroatoms. The second-order valence-corrected chi connectivity index (χ2v) is 3.92. The van der Waals surface area contributed by atoms with Crippen LogP contribution in [0.15, 0.2) is 0 Å². The third kappa shape index (κ3) is 8.01. The van der Waals surface area contributed by atoms with E-state index in [9.17, 15) is 18.0 Å². The summed E-state index contributed by atoms with van der Waals surface area (Å²) in [6, 6.07) is 0. The summed E-state index contributed by atoms with van der Waals surface area (Å²) in [5, 5.41) is 8.38. The standard InChI is InChI=1S/C11H19F3O3/c1-2-3-4-5-6-7-17-8-9(10(15)16)11(12,13)14/h9H,2-8H2,1H3,(H,15,16). The lowest BCUT2D eigenvalue weighted by atomic mass is 10.1. The average Bonchev–Trinajstić information content (AvgIpc) is 2.19. The maximum absolute atomic E-state index is 12.2. The maximum Gasteiger partial charge on any atom is 0.404 e. The van der Waals surface area contributed by atoms with Gasteiger partial charge in [0.1, 0.15) is 0 Å². The van der Waals surface area contributed by atoms with Gasteiger partial charge < -0.3 is 9.84 Å². The Hall–Kier alpha value is -0.780. The van der Waals surface area contributed by atoms with Gasteiger partial charge in [-0.25, -0.2) is 0 Å². The molecule has 1 atom stereocenters. The third-order valence-corrected chi connectivity index (χ3v) is 2.37. The van der Waals surface area contributed by atoms with Crippen molar-refractivity contribution in [1.29, 1.82) is 0 Å². The van der Waals surface area contributed by atoms with E-state index in [1.165, 1.54) is 0 Å². The molecule has 17 heavy (non-hydrogen) atoms. The van der Waals surface area contributed by atoms with Crippen molar-refractivity contribution in [3.05, 3.63) is 0 Å². The van der Waals surface area contributed by atoms with Gasteiger partial charge in [0.25, 0.3) is 0 Å². The molecule has 0 aromatic rings. The first-order valence-corrected chi connectivity index (χ1v) is 5.76. The van der Waals surface area contributed by atoms with Gasteiger partial charge in [-0.1, -0.05) is 32.6 Å². The first kappa shape index (κ1) is 16.2. The van der Waals surface area contributed by atoms with Crippen molar-refractivity contribution in [1.82, 2.24) is 0 Å². The normalized spacial score (nSPS) is 13.6. The minimum absolute atomic E-state index is 0.184. The SMILES string of the molecule is CCCCCCCOCC(C(=O)O)C(F)(F)F. The predicted octanol–water partition coefficient (Wildman–Crippen LogP) is 3.24. The fraction of sp³-hybridized carbons (Fsp3) is 0.909. The molecule has 0 aromatic heterocycles. The predicted molar refractivity (Wildman–Crippen MR) is 56.8 cm³/mol. The van der Waals surface area contributed by atoms with Gasteiger partial charge in [-0.15, -0.1) is 0 Å². The van der Waals surface area contributed by atoms with Crippen LogP contribution in [-0.2, 0) is 9.53 Å². The zero-order valence-electron chi connectivity index (χ0n) is 9.92. The van der Waals surface area contributed by atoms with Crippen molar-refractivity contribution in [2.75, 3.05) is 13.2 Å². The van der Waals surface area contributed by atoms with Crippen molar-refractivity contribution in [2.24, 2.45) is 5.92 Å². The highest BCUT2D eigenvalue weighted by atomic mass is 19.4. The molecule has 0 bridgehead atoms. The Labute approximate surface area is 99.0 Å². The van der Waals surface area contributed by atoms with Crippen molar-refractivity contribution < 1.29 is 27.8 Å². The number of hydrogen-bond acceptors (Lipinski definition) is 2. The van der Waals surface area contributed by atoms with E-state index in [1.807, 2.05) is 0 Å². The highest BCUT2D eigenvalue weighted by Gasteiger charge is 2.45. The van der Waals surface area contributed by atoms with Crippen LogP contribution in [0.4, 0.5) is 13.2 Å². The average molecular weight is 256 g/mol. The summed E-state index contributed by atoms with van der Waals surface area (Å²) in [7, 11) is 0. The molecule has 1 N–H and O–H groups in total. The van der Waals surface area contributed by atoms with Gasteiger partial charge in [0.2, 0.25) is 0 Å². The fourth-order valence-corrected chi connectivity index (χ4v) is 1.31. The number of halogens is 3. The number of alkyl halides is 3. The van der Waals surface area contributed by atoms with Gasteiger partial charge in [-0.05, 0) is 6.42 Å². The van der Waals surface area contributed by atoms with Crippen LogP contribution in [0.5, 0.6) is 0 Å². The number of aliphatic carboxylic acids is 1. The van der Waals surface area contributed by atoms with Crippen LogP contribution in [0.2, 0.25) is 0 Å². The minimum atomic E-state index is -4.74. The molecule has 1 unspecified atom stereocenters. The van der Waals surface area contributed by atoms with Crippen LogP contribution in [-0.4, -0.2) is 30.5 Å². The summed E-state index contributed by atoms with van der Waals surface area (Å²) >= 11 is 0. The van der Waals surface area contributed by atoms with Crippen molar-refractivity contribution in [3.63, 3.8) is 0 Å². The van der Waals surface area contributed by atoms with Crippen LogP contribution in [0.1, 0.15) is 39.0 Å². The molecule has 0 radical (unpaired) electrons. The molecule has 0 aromatic carbocycles. The number of carboxylic acid groups (broad SMARTS) is 1. The lowest BCUT2D eigenvalue weighted by Crippen LogP contribution is -2.34. The van der Waals surface area contributed by atoms with E-state index in [-0.39, 0.29) is 6.61 Å². The molecule has 0 amide bonds. The maximum atomic E-state index is 12.2. The van der Waals surface area contributed by atoms with Gasteiger partial charge in [0.05, 0.1) is 6.61 Å². The largest absolute Gasteiger partial charge is 0.481 e. The minimum Gasteiger partial charge on any atom is -0.481 e. The molecule has 3 nitrogen and oxygen atoms in total. The summed E-state index contributed by atoms with van der Waals surface area (Å²) in [6.07, 6.45) is 0.0493. The molecule has 0 saturated carbocycles. The molecule has 0 aliphatic carbocycles. The van der Waals surface area contributed by atoms with Gasteiger partial charge >= 0.3 is 12.1 Å². The Bertz CT molecular complexity index is 216. The summed E-state index contributed by atoms with van der Waals surface area (Å²) < 4.78 is 41.3. The molecule has 0 fully saturated rings. The molecule has 0 aliphatic heterocycles. The Morgan fingerprint density at radius 1 is 1.24 bits per heavy atom. The van der Waals surface area contributed by atoms with Crippen molar-refractivity contribution in [2.45, 2.75) is 45.2 Å². The topological polar surface area (TPSA) is 46.5 Å². The van der Waals surface area contributed by atoms with Gasteiger partial charge in [0, 0.05) is 6.61 Å². The zero-order valence-corrected chi connectivity index (χ0v) is 9.92.